The molecule has 0 spiro atoms. The second-order valence-corrected chi connectivity index (χ2v) is 7.36. The Bertz CT molecular complexity index is 871. The number of carbonyl (C=O) groups excluding carboxylic acids is 1. The number of amides is 1. The van der Waals surface area contributed by atoms with E-state index in [1.54, 1.807) is 18.4 Å². The van der Waals surface area contributed by atoms with Gasteiger partial charge < -0.3 is 14.7 Å². The molecule has 0 saturated carbocycles. The van der Waals surface area contributed by atoms with Gasteiger partial charge in [0, 0.05) is 18.9 Å². The van der Waals surface area contributed by atoms with Crippen LogP contribution in [0.2, 0.25) is 0 Å². The molecule has 1 amide bonds. The number of hydrogen-bond acceptors (Lipinski definition) is 8. The summed E-state index contributed by atoms with van der Waals surface area (Å²) in [6.45, 7) is 6.31. The lowest BCUT2D eigenvalue weighted by Gasteiger charge is -2.10. The van der Waals surface area contributed by atoms with Crippen LogP contribution in [-0.2, 0) is 11.3 Å². The molecule has 3 rings (SSSR count). The predicted molar refractivity (Wildman–Crippen MR) is 94.2 cm³/mol. The van der Waals surface area contributed by atoms with Gasteiger partial charge >= 0.3 is 0 Å². The molecular formula is C16H20N6O3S. The summed E-state index contributed by atoms with van der Waals surface area (Å²) < 4.78 is 12.6. The highest BCUT2D eigenvalue weighted by molar-refractivity contribution is 7.99. The van der Waals surface area contributed by atoms with E-state index in [1.807, 2.05) is 25.3 Å². The number of thioether (sulfide) groups is 1. The van der Waals surface area contributed by atoms with Gasteiger partial charge in [-0.2, -0.15) is 4.98 Å². The summed E-state index contributed by atoms with van der Waals surface area (Å²) in [5.74, 6) is 2.09. The van der Waals surface area contributed by atoms with E-state index >= 15 is 0 Å². The first kappa shape index (κ1) is 18.2. The standard InChI is InChI=1S/C16H20N6O3S/c1-9(2)13-18-15(25-21-13)10(3)26-16-20-19-14(11-5-4-8-24-11)22(16)7-6-12(17)23/h4-5,8-10H,6-7H2,1-3H3,(H2,17,23). The van der Waals surface area contributed by atoms with Crippen LogP contribution in [-0.4, -0.2) is 30.8 Å². The molecule has 26 heavy (non-hydrogen) atoms. The van der Waals surface area contributed by atoms with Crippen molar-refractivity contribution in [1.82, 2.24) is 24.9 Å². The van der Waals surface area contributed by atoms with Gasteiger partial charge in [-0.1, -0.05) is 30.8 Å². The topological polar surface area (TPSA) is 126 Å². The SMILES string of the molecule is CC(C)c1noc(C(C)Sc2nnc(-c3ccco3)n2CCC(N)=O)n1. The summed E-state index contributed by atoms with van der Waals surface area (Å²) in [5, 5.41) is 12.9. The second-order valence-electron chi connectivity index (χ2n) is 6.06. The second kappa shape index (κ2) is 7.73. The molecule has 3 aromatic heterocycles. The Morgan fingerprint density at radius 3 is 2.77 bits per heavy atom. The Hall–Kier alpha value is -2.62. The Kier molecular flexibility index (Phi) is 5.40. The third kappa shape index (κ3) is 3.96. The van der Waals surface area contributed by atoms with E-state index in [0.717, 1.165) is 0 Å². The van der Waals surface area contributed by atoms with Crippen LogP contribution < -0.4 is 5.73 Å². The maximum atomic E-state index is 11.2. The molecule has 3 heterocycles. The van der Waals surface area contributed by atoms with Gasteiger partial charge in [-0.15, -0.1) is 10.2 Å². The Labute approximate surface area is 154 Å². The van der Waals surface area contributed by atoms with Crippen LogP contribution in [0, 0.1) is 0 Å². The van der Waals surface area contributed by atoms with Crippen LogP contribution in [0.1, 0.15) is 50.1 Å². The van der Waals surface area contributed by atoms with Gasteiger partial charge in [0.25, 0.3) is 0 Å². The summed E-state index contributed by atoms with van der Waals surface area (Å²) in [7, 11) is 0. The van der Waals surface area contributed by atoms with E-state index in [1.165, 1.54) is 11.8 Å². The molecule has 1 unspecified atom stereocenters. The van der Waals surface area contributed by atoms with Crippen LogP contribution in [0.15, 0.2) is 32.5 Å². The van der Waals surface area contributed by atoms with Crippen molar-refractivity contribution < 1.29 is 13.7 Å². The van der Waals surface area contributed by atoms with Crippen molar-refractivity contribution in [3.05, 3.63) is 30.1 Å². The van der Waals surface area contributed by atoms with Gasteiger partial charge in [-0.3, -0.25) is 9.36 Å². The third-order valence-electron chi connectivity index (χ3n) is 3.64. The van der Waals surface area contributed by atoms with Crippen LogP contribution in [0.4, 0.5) is 0 Å². The average Bonchev–Trinajstić information content (AvgIpc) is 3.33. The van der Waals surface area contributed by atoms with Crippen molar-refractivity contribution in [2.75, 3.05) is 0 Å². The fourth-order valence-electron chi connectivity index (χ4n) is 2.24. The molecule has 138 valence electrons. The van der Waals surface area contributed by atoms with E-state index in [2.05, 4.69) is 20.3 Å². The summed E-state index contributed by atoms with van der Waals surface area (Å²) in [6.07, 6.45) is 1.73. The molecule has 1 atom stereocenters. The zero-order valence-corrected chi connectivity index (χ0v) is 15.6. The van der Waals surface area contributed by atoms with Gasteiger partial charge in [0.05, 0.1) is 11.5 Å². The summed E-state index contributed by atoms with van der Waals surface area (Å²) in [4.78, 5) is 15.6. The quantitative estimate of drug-likeness (QED) is 0.595. The molecule has 0 fully saturated rings. The molecule has 0 saturated heterocycles. The number of nitrogens with zero attached hydrogens (tertiary/aromatic N) is 5. The van der Waals surface area contributed by atoms with Gasteiger partial charge in [0.2, 0.25) is 11.8 Å². The van der Waals surface area contributed by atoms with Gasteiger partial charge in [-0.05, 0) is 19.1 Å². The molecule has 10 heteroatoms. The van der Waals surface area contributed by atoms with E-state index in [4.69, 9.17) is 14.7 Å². The van der Waals surface area contributed by atoms with Crippen molar-refractivity contribution in [2.45, 2.75) is 50.1 Å². The zero-order chi connectivity index (χ0) is 18.7. The predicted octanol–water partition coefficient (Wildman–Crippen LogP) is 2.77. The highest BCUT2D eigenvalue weighted by Crippen LogP contribution is 2.35. The lowest BCUT2D eigenvalue weighted by molar-refractivity contribution is -0.118. The highest BCUT2D eigenvalue weighted by Gasteiger charge is 2.23. The number of hydrogen-bond donors (Lipinski definition) is 1. The maximum absolute atomic E-state index is 11.2. The number of primary amides is 1. The maximum Gasteiger partial charge on any atom is 0.239 e. The average molecular weight is 376 g/mol. The first-order valence-corrected chi connectivity index (χ1v) is 9.09. The molecule has 9 nitrogen and oxygen atoms in total. The number of nitrogens with two attached hydrogens (primary N) is 1. The molecule has 0 bridgehead atoms. The van der Waals surface area contributed by atoms with Crippen molar-refractivity contribution in [3.63, 3.8) is 0 Å². The van der Waals surface area contributed by atoms with Crippen molar-refractivity contribution in [1.29, 1.82) is 0 Å². The molecule has 0 aliphatic rings. The van der Waals surface area contributed by atoms with Crippen LogP contribution in [0.5, 0.6) is 0 Å². The molecule has 3 aromatic rings. The lowest BCUT2D eigenvalue weighted by Crippen LogP contribution is -2.15. The highest BCUT2D eigenvalue weighted by atomic mass is 32.2. The molecular weight excluding hydrogens is 356 g/mol. The minimum Gasteiger partial charge on any atom is -0.461 e. The summed E-state index contributed by atoms with van der Waals surface area (Å²) in [5.41, 5.74) is 5.29. The van der Waals surface area contributed by atoms with Gasteiger partial charge in [0.15, 0.2) is 22.6 Å². The van der Waals surface area contributed by atoms with E-state index < -0.39 is 5.91 Å². The van der Waals surface area contributed by atoms with Gasteiger partial charge in [-0.25, -0.2) is 0 Å². The first-order valence-electron chi connectivity index (χ1n) is 8.21. The third-order valence-corrected chi connectivity index (χ3v) is 4.71. The lowest BCUT2D eigenvalue weighted by atomic mass is 10.2. The Balaban J connectivity index is 1.84. The number of rotatable bonds is 8. The number of aromatic nitrogens is 5. The zero-order valence-electron chi connectivity index (χ0n) is 14.7. The Morgan fingerprint density at radius 1 is 1.35 bits per heavy atom. The number of furan rings is 1. The van der Waals surface area contributed by atoms with Crippen LogP contribution >= 0.6 is 11.8 Å². The molecule has 0 aliphatic carbocycles. The molecule has 2 N–H and O–H groups in total. The van der Waals surface area contributed by atoms with Crippen molar-refractivity contribution in [2.24, 2.45) is 5.73 Å². The largest absolute Gasteiger partial charge is 0.461 e. The summed E-state index contributed by atoms with van der Waals surface area (Å²) >= 11 is 1.42. The smallest absolute Gasteiger partial charge is 0.239 e. The normalized spacial score (nSPS) is 12.6. The van der Waals surface area contributed by atoms with Gasteiger partial charge in [0.1, 0.15) is 0 Å². The first-order chi connectivity index (χ1) is 12.5. The Morgan fingerprint density at radius 2 is 2.15 bits per heavy atom. The van der Waals surface area contributed by atoms with Crippen molar-refractivity contribution >= 4 is 17.7 Å². The fourth-order valence-corrected chi connectivity index (χ4v) is 3.15. The molecule has 0 aliphatic heterocycles. The molecule has 0 radical (unpaired) electrons. The molecule has 0 aromatic carbocycles. The van der Waals surface area contributed by atoms with E-state index in [-0.39, 0.29) is 17.6 Å². The number of carbonyl (C=O) groups is 1. The monoisotopic (exact) mass is 376 g/mol. The minimum absolute atomic E-state index is 0.129. The van der Waals surface area contributed by atoms with Crippen LogP contribution in [0.3, 0.4) is 0 Å². The fraction of sp³-hybridized carbons (Fsp3) is 0.438. The van der Waals surface area contributed by atoms with E-state index in [9.17, 15) is 4.79 Å². The van der Waals surface area contributed by atoms with Crippen molar-refractivity contribution in [3.8, 4) is 11.6 Å². The minimum atomic E-state index is -0.397. The summed E-state index contributed by atoms with van der Waals surface area (Å²) in [6, 6.07) is 3.55. The van der Waals surface area contributed by atoms with E-state index in [0.29, 0.717) is 35.0 Å². The van der Waals surface area contributed by atoms with Crippen LogP contribution in [0.25, 0.3) is 11.6 Å².